The molecule has 13 aromatic rings. The van der Waals surface area contributed by atoms with Crippen LogP contribution in [0.4, 0.5) is 0 Å². The molecule has 4 aromatic heterocycles. The highest BCUT2D eigenvalue weighted by atomic mass is 16.3. The van der Waals surface area contributed by atoms with E-state index in [0.29, 0.717) is 0 Å². The van der Waals surface area contributed by atoms with E-state index in [1.807, 2.05) is 0 Å². The second-order valence-electron chi connectivity index (χ2n) is 18.6. The van der Waals surface area contributed by atoms with Crippen LogP contribution in [-0.4, -0.2) is 9.13 Å². The fourth-order valence-electron chi connectivity index (χ4n) is 11.9. The van der Waals surface area contributed by atoms with Crippen molar-refractivity contribution >= 4 is 93.1 Å². The van der Waals surface area contributed by atoms with Gasteiger partial charge in [0.2, 0.25) is 0 Å². The fourth-order valence-corrected chi connectivity index (χ4v) is 11.9. The molecule has 5 heterocycles. The van der Waals surface area contributed by atoms with Crippen molar-refractivity contribution < 1.29 is 8.83 Å². The summed E-state index contributed by atoms with van der Waals surface area (Å²) in [5, 5.41) is 14.0. The lowest BCUT2D eigenvalue weighted by Gasteiger charge is -2.37. The number of furan rings is 2. The van der Waals surface area contributed by atoms with Crippen molar-refractivity contribution in [3.05, 3.63) is 217 Å². The molecule has 5 nitrogen and oxygen atoms in total. The average Bonchev–Trinajstić information content (AvgIpc) is 4.15. The van der Waals surface area contributed by atoms with E-state index in [1.165, 1.54) is 65.9 Å². The molecular formula is C63H47N3O2. The summed E-state index contributed by atoms with van der Waals surface area (Å²) in [4.78, 5) is 0. The summed E-state index contributed by atoms with van der Waals surface area (Å²) in [6.07, 6.45) is 5.04. The number of hydrogen-bond acceptors (Lipinski definition) is 3. The molecule has 326 valence electrons. The molecule has 1 N–H and O–H groups in total. The smallest absolute Gasteiger partial charge is 0.142 e. The van der Waals surface area contributed by atoms with E-state index >= 15 is 0 Å². The SMILES string of the molecule is CCC1/C(c2cccc3c2oc2ccccc23)=C\CCC(c2ccc3c(c2)oc2ccccc23)NC1n1c2ccccc2c2ccc3c4ccccc4n(-c4cccc(-c5ccccc5)c4)c3c21. The Labute approximate surface area is 393 Å². The number of aromatic nitrogens is 2. The van der Waals surface area contributed by atoms with E-state index in [9.17, 15) is 0 Å². The van der Waals surface area contributed by atoms with Crippen LogP contribution >= 0.6 is 0 Å². The summed E-state index contributed by atoms with van der Waals surface area (Å²) in [7, 11) is 0. The van der Waals surface area contributed by atoms with E-state index in [0.717, 1.165) is 74.4 Å². The molecule has 3 unspecified atom stereocenters. The number of hydrogen-bond donors (Lipinski definition) is 1. The third-order valence-electron chi connectivity index (χ3n) is 14.9. The molecule has 5 heteroatoms. The zero-order chi connectivity index (χ0) is 44.9. The van der Waals surface area contributed by atoms with Crippen molar-refractivity contribution in [2.45, 2.75) is 38.4 Å². The van der Waals surface area contributed by atoms with E-state index < -0.39 is 0 Å². The maximum absolute atomic E-state index is 6.84. The van der Waals surface area contributed by atoms with Crippen LogP contribution in [-0.2, 0) is 0 Å². The number of benzene rings is 9. The molecule has 0 bridgehead atoms. The predicted octanol–water partition coefficient (Wildman–Crippen LogP) is 17.1. The Bertz CT molecular complexity index is 4140. The highest BCUT2D eigenvalue weighted by Crippen LogP contribution is 2.48. The van der Waals surface area contributed by atoms with Gasteiger partial charge in [0, 0.05) is 66.3 Å². The number of nitrogens with one attached hydrogen (secondary N) is 1. The van der Waals surface area contributed by atoms with Crippen LogP contribution in [0.1, 0.15) is 49.5 Å². The second kappa shape index (κ2) is 15.5. The quantitative estimate of drug-likeness (QED) is 0.181. The number of rotatable bonds is 6. The van der Waals surface area contributed by atoms with Crippen LogP contribution in [0.2, 0.25) is 0 Å². The van der Waals surface area contributed by atoms with Gasteiger partial charge in [0.15, 0.2) is 0 Å². The molecule has 0 saturated heterocycles. The van der Waals surface area contributed by atoms with Gasteiger partial charge in [0.25, 0.3) is 0 Å². The molecule has 9 aromatic carbocycles. The number of fused-ring (bicyclic) bond motifs is 13. The standard InChI is InChI=1S/C63H47N3O2/c1-2-43-44(52-26-15-27-53-48-24-9-13-32-58(48)68-62(52)53)25-16-28-54(41-33-34-49-47-23-8-12-31-57(47)67-59(49)38-41)64-63(43)66-56-30-11-7-22-46(56)51-36-35-50-45-21-6-10-29-55(45)65(60(50)61(51)66)42-20-14-19-40(37-42)39-17-4-3-5-18-39/h3-15,17-27,29-38,43,54,63-64H,2,16,28H2,1H3/b44-25+. The fraction of sp³-hybridized carbons (Fsp3) is 0.111. The van der Waals surface area contributed by atoms with Crippen molar-refractivity contribution in [2.24, 2.45) is 5.92 Å². The first-order valence-electron chi connectivity index (χ1n) is 24.1. The maximum Gasteiger partial charge on any atom is 0.142 e. The summed E-state index contributed by atoms with van der Waals surface area (Å²) in [6.45, 7) is 2.36. The van der Waals surface area contributed by atoms with Crippen LogP contribution in [0.15, 0.2) is 215 Å². The lowest BCUT2D eigenvalue weighted by molar-refractivity contribution is 0.283. The summed E-state index contributed by atoms with van der Waals surface area (Å²) >= 11 is 0. The van der Waals surface area contributed by atoms with E-state index in [-0.39, 0.29) is 18.1 Å². The molecule has 68 heavy (non-hydrogen) atoms. The van der Waals surface area contributed by atoms with E-state index in [2.05, 4.69) is 228 Å². The Morgan fingerprint density at radius 3 is 1.93 bits per heavy atom. The molecule has 3 atom stereocenters. The molecular weight excluding hydrogens is 831 g/mol. The topological polar surface area (TPSA) is 48.2 Å². The van der Waals surface area contributed by atoms with Crippen molar-refractivity contribution in [1.82, 2.24) is 14.5 Å². The highest BCUT2D eigenvalue weighted by Gasteiger charge is 2.35. The Hall–Kier alpha value is -8.12. The van der Waals surface area contributed by atoms with Crippen molar-refractivity contribution in [1.29, 1.82) is 0 Å². The van der Waals surface area contributed by atoms with Crippen molar-refractivity contribution in [3.63, 3.8) is 0 Å². The van der Waals surface area contributed by atoms with Gasteiger partial charge in [-0.15, -0.1) is 0 Å². The van der Waals surface area contributed by atoms with Gasteiger partial charge < -0.3 is 18.0 Å². The summed E-state index contributed by atoms with van der Waals surface area (Å²) in [6, 6.07) is 72.9. The number of para-hydroxylation sites is 5. The molecule has 1 aliphatic heterocycles. The molecule has 0 aliphatic carbocycles. The van der Waals surface area contributed by atoms with Crippen LogP contribution in [0.3, 0.4) is 0 Å². The lowest BCUT2D eigenvalue weighted by atomic mass is 9.83. The van der Waals surface area contributed by atoms with Gasteiger partial charge in [0.1, 0.15) is 22.3 Å². The lowest BCUT2D eigenvalue weighted by Crippen LogP contribution is -2.37. The second-order valence-corrected chi connectivity index (χ2v) is 18.6. The molecule has 0 amide bonds. The molecule has 0 spiro atoms. The Morgan fingerprint density at radius 2 is 1.12 bits per heavy atom. The third-order valence-corrected chi connectivity index (χ3v) is 14.9. The minimum Gasteiger partial charge on any atom is -0.456 e. The summed E-state index contributed by atoms with van der Waals surface area (Å²) < 4.78 is 18.6. The number of allylic oxidation sites excluding steroid dienone is 1. The maximum atomic E-state index is 6.84. The Kier molecular flexibility index (Phi) is 8.90. The van der Waals surface area contributed by atoms with Gasteiger partial charge in [-0.3, -0.25) is 5.32 Å². The normalized spacial score (nSPS) is 17.8. The zero-order valence-electron chi connectivity index (χ0n) is 37.7. The highest BCUT2D eigenvalue weighted by molar-refractivity contribution is 6.23. The van der Waals surface area contributed by atoms with Crippen LogP contribution < -0.4 is 5.32 Å². The summed E-state index contributed by atoms with van der Waals surface area (Å²) in [5.74, 6) is 0.0417. The van der Waals surface area contributed by atoms with Crippen molar-refractivity contribution in [3.8, 4) is 16.8 Å². The Morgan fingerprint density at radius 1 is 0.500 bits per heavy atom. The van der Waals surface area contributed by atoms with Crippen LogP contribution in [0.5, 0.6) is 0 Å². The first-order valence-corrected chi connectivity index (χ1v) is 24.1. The minimum absolute atomic E-state index is 0.0234. The summed E-state index contributed by atoms with van der Waals surface area (Å²) in [5.41, 5.74) is 15.7. The molecule has 0 saturated carbocycles. The van der Waals surface area contributed by atoms with Gasteiger partial charge in [-0.2, -0.15) is 0 Å². The van der Waals surface area contributed by atoms with Gasteiger partial charge in [0.05, 0.1) is 28.2 Å². The van der Waals surface area contributed by atoms with Gasteiger partial charge in [-0.05, 0) is 84.0 Å². The van der Waals surface area contributed by atoms with E-state index in [4.69, 9.17) is 8.83 Å². The third kappa shape index (κ3) is 5.92. The molecule has 1 aliphatic rings. The van der Waals surface area contributed by atoms with Gasteiger partial charge >= 0.3 is 0 Å². The first-order chi connectivity index (χ1) is 33.7. The largest absolute Gasteiger partial charge is 0.456 e. The minimum atomic E-state index is -0.183. The van der Waals surface area contributed by atoms with Crippen molar-refractivity contribution in [2.75, 3.05) is 0 Å². The van der Waals surface area contributed by atoms with E-state index in [1.54, 1.807) is 0 Å². The Balaban J connectivity index is 1.06. The predicted molar refractivity (Wildman–Crippen MR) is 283 cm³/mol. The number of nitrogens with zero attached hydrogens (tertiary/aromatic N) is 2. The average molecular weight is 878 g/mol. The first kappa shape index (κ1) is 39.1. The van der Waals surface area contributed by atoms with Gasteiger partial charge in [-0.25, -0.2) is 0 Å². The molecule has 14 rings (SSSR count). The van der Waals surface area contributed by atoms with Gasteiger partial charge in [-0.1, -0.05) is 171 Å². The molecule has 0 fully saturated rings. The molecule has 0 radical (unpaired) electrons. The van der Waals surface area contributed by atoms with Crippen LogP contribution in [0.25, 0.3) is 110 Å². The zero-order valence-corrected chi connectivity index (χ0v) is 37.7. The monoisotopic (exact) mass is 877 g/mol. The van der Waals surface area contributed by atoms with Crippen LogP contribution in [0, 0.1) is 5.92 Å².